The summed E-state index contributed by atoms with van der Waals surface area (Å²) in [4.78, 5) is 18.5. The SMILES string of the molecule is c1ccc(CN2CCN(Cc3ccccn3)C2c2ccccn2)nc1. The van der Waals surface area contributed by atoms with Gasteiger partial charge >= 0.3 is 0 Å². The Kier molecular flexibility index (Phi) is 4.77. The standard InChI is InChI=1S/C20H21N5/c1-4-10-21-17(7-1)15-24-13-14-25(16-18-8-2-5-11-22-18)20(24)19-9-3-6-12-23-19/h1-12,20H,13-16H2. The molecule has 0 bridgehead atoms. The summed E-state index contributed by atoms with van der Waals surface area (Å²) in [5.74, 6) is 0. The van der Waals surface area contributed by atoms with Crippen LogP contribution in [0.5, 0.6) is 0 Å². The van der Waals surface area contributed by atoms with Gasteiger partial charge in [0.15, 0.2) is 0 Å². The summed E-state index contributed by atoms with van der Waals surface area (Å²) >= 11 is 0. The highest BCUT2D eigenvalue weighted by Crippen LogP contribution is 2.31. The average molecular weight is 331 g/mol. The van der Waals surface area contributed by atoms with Crippen LogP contribution in [0.2, 0.25) is 0 Å². The summed E-state index contributed by atoms with van der Waals surface area (Å²) in [6.07, 6.45) is 5.72. The lowest BCUT2D eigenvalue weighted by Crippen LogP contribution is -2.31. The van der Waals surface area contributed by atoms with E-state index in [2.05, 4.69) is 49.0 Å². The van der Waals surface area contributed by atoms with Gasteiger partial charge in [-0.25, -0.2) is 0 Å². The first-order chi connectivity index (χ1) is 12.4. The minimum absolute atomic E-state index is 0.144. The molecule has 0 aliphatic carbocycles. The smallest absolute Gasteiger partial charge is 0.107 e. The minimum Gasteiger partial charge on any atom is -0.276 e. The third-order valence-electron chi connectivity index (χ3n) is 4.50. The van der Waals surface area contributed by atoms with Gasteiger partial charge in [-0.2, -0.15) is 0 Å². The van der Waals surface area contributed by atoms with E-state index in [4.69, 9.17) is 0 Å². The number of rotatable bonds is 5. The van der Waals surface area contributed by atoms with Crippen molar-refractivity contribution < 1.29 is 0 Å². The van der Waals surface area contributed by atoms with Crippen LogP contribution in [0.25, 0.3) is 0 Å². The number of nitrogens with zero attached hydrogens (tertiary/aromatic N) is 5. The van der Waals surface area contributed by atoms with Gasteiger partial charge in [0.05, 0.1) is 17.1 Å². The molecule has 0 radical (unpaired) electrons. The van der Waals surface area contributed by atoms with E-state index >= 15 is 0 Å². The highest BCUT2D eigenvalue weighted by molar-refractivity contribution is 5.13. The van der Waals surface area contributed by atoms with Gasteiger partial charge in [-0.05, 0) is 36.4 Å². The van der Waals surface area contributed by atoms with Crippen molar-refractivity contribution in [3.8, 4) is 0 Å². The molecule has 4 heterocycles. The van der Waals surface area contributed by atoms with E-state index in [1.807, 2.05) is 48.9 Å². The van der Waals surface area contributed by atoms with Crippen LogP contribution in [-0.2, 0) is 13.1 Å². The molecule has 1 saturated heterocycles. The Morgan fingerprint density at radius 3 is 1.64 bits per heavy atom. The van der Waals surface area contributed by atoms with Gasteiger partial charge in [-0.15, -0.1) is 0 Å². The van der Waals surface area contributed by atoms with E-state index in [1.54, 1.807) is 0 Å². The Morgan fingerprint density at radius 2 is 1.20 bits per heavy atom. The molecule has 0 N–H and O–H groups in total. The van der Waals surface area contributed by atoms with E-state index in [9.17, 15) is 0 Å². The summed E-state index contributed by atoms with van der Waals surface area (Å²) in [5.41, 5.74) is 3.25. The molecule has 5 heteroatoms. The first-order valence-corrected chi connectivity index (χ1v) is 8.59. The fraction of sp³-hybridized carbons (Fsp3) is 0.250. The second-order valence-electron chi connectivity index (χ2n) is 6.21. The van der Waals surface area contributed by atoms with Crippen molar-refractivity contribution in [2.45, 2.75) is 19.3 Å². The summed E-state index contributed by atoms with van der Waals surface area (Å²) in [6.45, 7) is 3.62. The highest BCUT2D eigenvalue weighted by Gasteiger charge is 2.34. The van der Waals surface area contributed by atoms with Gasteiger partial charge in [0.2, 0.25) is 0 Å². The van der Waals surface area contributed by atoms with Gasteiger partial charge < -0.3 is 0 Å². The quantitative estimate of drug-likeness (QED) is 0.719. The summed E-state index contributed by atoms with van der Waals surface area (Å²) < 4.78 is 0. The Bertz CT molecular complexity index is 729. The molecule has 0 aromatic carbocycles. The molecule has 25 heavy (non-hydrogen) atoms. The Balaban J connectivity index is 1.59. The average Bonchev–Trinajstić information content (AvgIpc) is 3.06. The van der Waals surface area contributed by atoms with Crippen LogP contribution >= 0.6 is 0 Å². The molecule has 3 aromatic heterocycles. The normalized spacial score (nSPS) is 16.3. The van der Waals surface area contributed by atoms with E-state index < -0.39 is 0 Å². The maximum atomic E-state index is 4.62. The Labute approximate surface area is 148 Å². The lowest BCUT2D eigenvalue weighted by atomic mass is 10.2. The maximum absolute atomic E-state index is 4.62. The summed E-state index contributed by atoms with van der Waals surface area (Å²) in [6, 6.07) is 18.3. The first kappa shape index (κ1) is 15.9. The maximum Gasteiger partial charge on any atom is 0.107 e. The van der Waals surface area contributed by atoms with Crippen LogP contribution in [0.1, 0.15) is 23.2 Å². The van der Waals surface area contributed by atoms with Gasteiger partial charge in [0.1, 0.15) is 6.17 Å². The van der Waals surface area contributed by atoms with Crippen LogP contribution in [0.3, 0.4) is 0 Å². The second kappa shape index (κ2) is 7.51. The van der Waals surface area contributed by atoms with E-state index in [1.165, 1.54) is 0 Å². The van der Waals surface area contributed by atoms with Gasteiger partial charge in [-0.3, -0.25) is 24.8 Å². The zero-order valence-electron chi connectivity index (χ0n) is 14.1. The summed E-state index contributed by atoms with van der Waals surface area (Å²) in [5, 5.41) is 0. The lowest BCUT2D eigenvalue weighted by molar-refractivity contribution is 0.119. The molecule has 0 saturated carbocycles. The fourth-order valence-corrected chi connectivity index (χ4v) is 3.37. The molecule has 0 atom stereocenters. The number of hydrogen-bond acceptors (Lipinski definition) is 5. The van der Waals surface area contributed by atoms with Crippen molar-refractivity contribution in [3.63, 3.8) is 0 Å². The van der Waals surface area contributed by atoms with Crippen LogP contribution in [0, 0.1) is 0 Å². The number of pyridine rings is 3. The molecule has 5 nitrogen and oxygen atoms in total. The second-order valence-corrected chi connectivity index (χ2v) is 6.21. The third-order valence-corrected chi connectivity index (χ3v) is 4.50. The first-order valence-electron chi connectivity index (χ1n) is 8.59. The van der Waals surface area contributed by atoms with Crippen LogP contribution < -0.4 is 0 Å². The monoisotopic (exact) mass is 331 g/mol. The fourth-order valence-electron chi connectivity index (χ4n) is 3.37. The predicted molar refractivity (Wildman–Crippen MR) is 96.3 cm³/mol. The van der Waals surface area contributed by atoms with Crippen molar-refractivity contribution in [1.29, 1.82) is 0 Å². The molecule has 1 aliphatic heterocycles. The molecular formula is C20H21N5. The topological polar surface area (TPSA) is 45.2 Å². The van der Waals surface area contributed by atoms with E-state index in [0.717, 1.165) is 43.3 Å². The molecular weight excluding hydrogens is 310 g/mol. The van der Waals surface area contributed by atoms with Crippen molar-refractivity contribution in [2.24, 2.45) is 0 Å². The molecule has 0 amide bonds. The van der Waals surface area contributed by atoms with E-state index in [0.29, 0.717) is 0 Å². The molecule has 0 unspecified atom stereocenters. The number of aromatic nitrogens is 3. The number of hydrogen-bond donors (Lipinski definition) is 0. The van der Waals surface area contributed by atoms with Crippen LogP contribution in [-0.4, -0.2) is 37.8 Å². The Morgan fingerprint density at radius 1 is 0.680 bits per heavy atom. The third kappa shape index (κ3) is 3.73. The minimum atomic E-state index is 0.144. The molecule has 126 valence electrons. The molecule has 0 spiro atoms. The van der Waals surface area contributed by atoms with Crippen LogP contribution in [0.4, 0.5) is 0 Å². The van der Waals surface area contributed by atoms with Gasteiger partial charge in [0.25, 0.3) is 0 Å². The molecule has 4 rings (SSSR count). The zero-order chi connectivity index (χ0) is 16.9. The van der Waals surface area contributed by atoms with Crippen molar-refractivity contribution in [1.82, 2.24) is 24.8 Å². The zero-order valence-corrected chi connectivity index (χ0v) is 14.1. The van der Waals surface area contributed by atoms with Gasteiger partial charge in [0, 0.05) is 44.8 Å². The molecule has 3 aromatic rings. The van der Waals surface area contributed by atoms with Crippen molar-refractivity contribution >= 4 is 0 Å². The predicted octanol–water partition coefficient (Wildman–Crippen LogP) is 2.89. The van der Waals surface area contributed by atoms with Crippen molar-refractivity contribution in [2.75, 3.05) is 13.1 Å². The summed E-state index contributed by atoms with van der Waals surface area (Å²) in [7, 11) is 0. The van der Waals surface area contributed by atoms with Crippen LogP contribution in [0.15, 0.2) is 73.2 Å². The largest absolute Gasteiger partial charge is 0.276 e. The molecule has 1 fully saturated rings. The highest BCUT2D eigenvalue weighted by atomic mass is 15.4. The lowest BCUT2D eigenvalue weighted by Gasteiger charge is -2.29. The van der Waals surface area contributed by atoms with Gasteiger partial charge in [-0.1, -0.05) is 18.2 Å². The van der Waals surface area contributed by atoms with E-state index in [-0.39, 0.29) is 6.17 Å². The van der Waals surface area contributed by atoms with Crippen molar-refractivity contribution in [3.05, 3.63) is 90.3 Å². The molecule has 1 aliphatic rings. The Hall–Kier alpha value is -2.63.